The molecule has 0 fully saturated rings. The second kappa shape index (κ2) is 8.31. The van der Waals surface area contributed by atoms with Gasteiger partial charge >= 0.3 is 0 Å². The molecule has 2 rings (SSSR count). The van der Waals surface area contributed by atoms with Crippen molar-refractivity contribution in [1.29, 1.82) is 0 Å². The van der Waals surface area contributed by atoms with Crippen molar-refractivity contribution in [3.05, 3.63) is 47.2 Å². The van der Waals surface area contributed by atoms with Crippen LogP contribution in [-0.4, -0.2) is 42.4 Å². The standard InChI is InChI=1S/C19H30N4O/c1-14(2)18-16(19(24-6)23(5)21-18)12-20-17(13-22(3)4)15-10-8-7-9-11-15/h7-11,14,17,20H,12-13H2,1-6H3/t17-/m1/s1. The summed E-state index contributed by atoms with van der Waals surface area (Å²) < 4.78 is 7.41. The molecule has 0 amide bonds. The molecule has 2 aromatic rings. The molecule has 0 aliphatic rings. The fraction of sp³-hybridized carbons (Fsp3) is 0.526. The smallest absolute Gasteiger partial charge is 0.216 e. The molecule has 24 heavy (non-hydrogen) atoms. The number of hydrogen-bond acceptors (Lipinski definition) is 4. The molecule has 1 atom stereocenters. The van der Waals surface area contributed by atoms with E-state index in [1.54, 1.807) is 7.11 Å². The number of hydrogen-bond donors (Lipinski definition) is 1. The van der Waals surface area contributed by atoms with Gasteiger partial charge in [0.1, 0.15) is 0 Å². The highest BCUT2D eigenvalue weighted by molar-refractivity contribution is 5.34. The average molecular weight is 330 g/mol. The van der Waals surface area contributed by atoms with Crippen molar-refractivity contribution in [2.24, 2.45) is 7.05 Å². The van der Waals surface area contributed by atoms with Gasteiger partial charge in [0.15, 0.2) is 0 Å². The summed E-state index contributed by atoms with van der Waals surface area (Å²) in [6.45, 7) is 6.00. The first-order valence-corrected chi connectivity index (χ1v) is 8.46. The number of benzene rings is 1. The number of aromatic nitrogens is 2. The maximum absolute atomic E-state index is 5.58. The lowest BCUT2D eigenvalue weighted by Gasteiger charge is -2.23. The molecule has 0 bridgehead atoms. The Morgan fingerprint density at radius 2 is 1.88 bits per heavy atom. The van der Waals surface area contributed by atoms with Crippen LogP contribution in [0.5, 0.6) is 5.88 Å². The van der Waals surface area contributed by atoms with Crippen molar-refractivity contribution >= 4 is 0 Å². The number of likely N-dealkylation sites (N-methyl/N-ethyl adjacent to an activating group) is 1. The summed E-state index contributed by atoms with van der Waals surface area (Å²) in [5.74, 6) is 1.20. The van der Waals surface area contributed by atoms with Crippen LogP contribution in [0.15, 0.2) is 30.3 Å². The maximum atomic E-state index is 5.58. The molecule has 0 spiro atoms. The predicted molar refractivity (Wildman–Crippen MR) is 98.4 cm³/mol. The predicted octanol–water partition coefficient (Wildman–Crippen LogP) is 2.94. The monoisotopic (exact) mass is 330 g/mol. The van der Waals surface area contributed by atoms with Crippen molar-refractivity contribution in [3.8, 4) is 5.88 Å². The zero-order valence-electron chi connectivity index (χ0n) is 15.7. The Balaban J connectivity index is 2.23. The molecule has 1 heterocycles. The summed E-state index contributed by atoms with van der Waals surface area (Å²) >= 11 is 0. The van der Waals surface area contributed by atoms with Gasteiger partial charge in [0.05, 0.1) is 18.4 Å². The van der Waals surface area contributed by atoms with E-state index >= 15 is 0 Å². The summed E-state index contributed by atoms with van der Waals surface area (Å²) in [5.41, 5.74) is 3.54. The summed E-state index contributed by atoms with van der Waals surface area (Å²) in [7, 11) is 7.84. The number of rotatable bonds is 8. The van der Waals surface area contributed by atoms with E-state index in [-0.39, 0.29) is 6.04 Å². The fourth-order valence-electron chi connectivity index (χ4n) is 3.02. The Hall–Kier alpha value is -1.85. The highest BCUT2D eigenvalue weighted by atomic mass is 16.5. The average Bonchev–Trinajstić information content (AvgIpc) is 2.87. The minimum absolute atomic E-state index is 0.256. The Kier molecular flexibility index (Phi) is 6.40. The van der Waals surface area contributed by atoms with Gasteiger partial charge in [0.2, 0.25) is 5.88 Å². The number of aryl methyl sites for hydroxylation is 1. The molecular formula is C19H30N4O. The van der Waals surface area contributed by atoms with E-state index in [1.807, 2.05) is 11.7 Å². The van der Waals surface area contributed by atoms with Gasteiger partial charge in [-0.3, -0.25) is 0 Å². The van der Waals surface area contributed by atoms with Crippen LogP contribution in [0.3, 0.4) is 0 Å². The SMILES string of the molecule is COc1c(CN[C@H](CN(C)C)c2ccccc2)c(C(C)C)nn1C. The second-order valence-corrected chi connectivity index (χ2v) is 6.76. The molecule has 1 aromatic heterocycles. The number of ether oxygens (including phenoxy) is 1. The van der Waals surface area contributed by atoms with E-state index in [1.165, 1.54) is 5.56 Å². The van der Waals surface area contributed by atoms with Crippen LogP contribution < -0.4 is 10.1 Å². The van der Waals surface area contributed by atoms with Crippen molar-refractivity contribution in [2.75, 3.05) is 27.7 Å². The molecule has 1 aromatic carbocycles. The van der Waals surface area contributed by atoms with Gasteiger partial charge in [-0.1, -0.05) is 44.2 Å². The Labute approximate surface area is 145 Å². The van der Waals surface area contributed by atoms with Gasteiger partial charge in [-0.25, -0.2) is 4.68 Å². The first kappa shape index (κ1) is 18.5. The van der Waals surface area contributed by atoms with E-state index in [0.29, 0.717) is 5.92 Å². The van der Waals surface area contributed by atoms with Crippen molar-refractivity contribution in [2.45, 2.75) is 32.4 Å². The molecular weight excluding hydrogens is 300 g/mol. The summed E-state index contributed by atoms with van der Waals surface area (Å²) in [6.07, 6.45) is 0. The molecule has 0 saturated carbocycles. The molecule has 0 saturated heterocycles. The zero-order chi connectivity index (χ0) is 17.7. The lowest BCUT2D eigenvalue weighted by atomic mass is 10.0. The lowest BCUT2D eigenvalue weighted by Crippen LogP contribution is -2.31. The number of nitrogens with zero attached hydrogens (tertiary/aromatic N) is 3. The molecule has 5 heteroatoms. The van der Waals surface area contributed by atoms with Gasteiger partial charge in [-0.05, 0) is 25.6 Å². The van der Waals surface area contributed by atoms with E-state index in [9.17, 15) is 0 Å². The highest BCUT2D eigenvalue weighted by Gasteiger charge is 2.21. The lowest BCUT2D eigenvalue weighted by molar-refractivity contribution is 0.335. The van der Waals surface area contributed by atoms with Crippen molar-refractivity contribution in [3.63, 3.8) is 0 Å². The van der Waals surface area contributed by atoms with Crippen LogP contribution in [0.4, 0.5) is 0 Å². The number of nitrogens with one attached hydrogen (secondary N) is 1. The molecule has 0 radical (unpaired) electrons. The van der Waals surface area contributed by atoms with E-state index < -0.39 is 0 Å². The second-order valence-electron chi connectivity index (χ2n) is 6.76. The maximum Gasteiger partial charge on any atom is 0.216 e. The van der Waals surface area contributed by atoms with Gasteiger partial charge < -0.3 is 15.0 Å². The molecule has 0 aliphatic heterocycles. The van der Waals surface area contributed by atoms with Gasteiger partial charge in [0, 0.05) is 26.2 Å². The van der Waals surface area contributed by atoms with Crippen LogP contribution in [0, 0.1) is 0 Å². The Morgan fingerprint density at radius 1 is 1.21 bits per heavy atom. The Bertz CT molecular complexity index is 634. The summed E-state index contributed by atoms with van der Waals surface area (Å²) in [4.78, 5) is 2.20. The van der Waals surface area contributed by atoms with Gasteiger partial charge in [-0.2, -0.15) is 5.10 Å². The van der Waals surface area contributed by atoms with E-state index in [0.717, 1.165) is 30.2 Å². The van der Waals surface area contributed by atoms with Gasteiger partial charge in [-0.15, -0.1) is 0 Å². The normalized spacial score (nSPS) is 12.8. The van der Waals surface area contributed by atoms with Crippen LogP contribution in [-0.2, 0) is 13.6 Å². The van der Waals surface area contributed by atoms with Crippen LogP contribution >= 0.6 is 0 Å². The van der Waals surface area contributed by atoms with Crippen molar-refractivity contribution in [1.82, 2.24) is 20.0 Å². The quantitative estimate of drug-likeness (QED) is 0.808. The highest BCUT2D eigenvalue weighted by Crippen LogP contribution is 2.27. The minimum atomic E-state index is 0.256. The summed E-state index contributed by atoms with van der Waals surface area (Å²) in [6, 6.07) is 10.8. The zero-order valence-corrected chi connectivity index (χ0v) is 15.7. The Morgan fingerprint density at radius 3 is 2.42 bits per heavy atom. The van der Waals surface area contributed by atoms with Crippen LogP contribution in [0.2, 0.25) is 0 Å². The van der Waals surface area contributed by atoms with Crippen LogP contribution in [0.25, 0.3) is 0 Å². The third-order valence-corrected chi connectivity index (χ3v) is 4.13. The van der Waals surface area contributed by atoms with Gasteiger partial charge in [0.25, 0.3) is 0 Å². The fourth-order valence-corrected chi connectivity index (χ4v) is 3.02. The molecule has 5 nitrogen and oxygen atoms in total. The third-order valence-electron chi connectivity index (χ3n) is 4.13. The minimum Gasteiger partial charge on any atom is -0.481 e. The molecule has 1 N–H and O–H groups in total. The molecule has 0 aliphatic carbocycles. The first-order chi connectivity index (χ1) is 11.4. The summed E-state index contributed by atoms with van der Waals surface area (Å²) in [5, 5.41) is 8.33. The van der Waals surface area contributed by atoms with E-state index in [2.05, 4.69) is 73.6 Å². The topological polar surface area (TPSA) is 42.3 Å². The van der Waals surface area contributed by atoms with Crippen molar-refractivity contribution < 1.29 is 4.74 Å². The number of methoxy groups -OCH3 is 1. The van der Waals surface area contributed by atoms with E-state index in [4.69, 9.17) is 4.74 Å². The molecule has 132 valence electrons. The molecule has 0 unspecified atom stereocenters. The third kappa shape index (κ3) is 4.36. The largest absolute Gasteiger partial charge is 0.481 e. The first-order valence-electron chi connectivity index (χ1n) is 8.46. The van der Waals surface area contributed by atoms with Crippen LogP contribution in [0.1, 0.15) is 42.6 Å².